The Kier molecular flexibility index (Phi) is 7.38. The molecule has 1 aliphatic rings. The lowest BCUT2D eigenvalue weighted by Crippen LogP contribution is -2.88. The van der Waals surface area contributed by atoms with Crippen molar-refractivity contribution in [2.75, 3.05) is 19.1 Å². The molecule has 12 nitrogen and oxygen atoms in total. The van der Waals surface area contributed by atoms with Gasteiger partial charge < -0.3 is 15.2 Å². The van der Waals surface area contributed by atoms with Gasteiger partial charge in [-0.1, -0.05) is 6.58 Å². The summed E-state index contributed by atoms with van der Waals surface area (Å²) in [5, 5.41) is 11.9. The number of nitrogens with zero attached hydrogens (tertiary/aromatic N) is 2. The highest BCUT2D eigenvalue weighted by Crippen LogP contribution is 2.36. The van der Waals surface area contributed by atoms with Crippen molar-refractivity contribution in [2.24, 2.45) is 0 Å². The molecule has 1 aromatic carbocycles. The maximum absolute atomic E-state index is 13.4. The van der Waals surface area contributed by atoms with E-state index in [1.54, 1.807) is 0 Å². The molecule has 2 atom stereocenters. The number of carbonyl (C=O) groups excluding carboxylic acids is 3. The molecule has 0 bridgehead atoms. The van der Waals surface area contributed by atoms with Crippen molar-refractivity contribution in [3.63, 3.8) is 0 Å². The number of benzene rings is 1. The zero-order chi connectivity index (χ0) is 24.2. The Balaban J connectivity index is 2.69. The molecule has 0 saturated carbocycles. The molecule has 1 aliphatic heterocycles. The van der Waals surface area contributed by atoms with E-state index in [2.05, 4.69) is 22.7 Å². The summed E-state index contributed by atoms with van der Waals surface area (Å²) in [6, 6.07) is 3.70. The number of carboxylic acids is 1. The lowest BCUT2D eigenvalue weighted by Gasteiger charge is -2.54. The summed E-state index contributed by atoms with van der Waals surface area (Å²) in [7, 11) is 2.77. The zero-order valence-corrected chi connectivity index (χ0v) is 18.6. The van der Waals surface area contributed by atoms with Crippen molar-refractivity contribution in [1.82, 2.24) is 21.1 Å². The second kappa shape index (κ2) is 9.62. The molecule has 32 heavy (non-hydrogen) atoms. The molecule has 1 saturated heterocycles. The molecule has 13 heteroatoms. The van der Waals surface area contributed by atoms with Gasteiger partial charge in [-0.2, -0.15) is 5.43 Å². The number of urea groups is 1. The third-order valence-electron chi connectivity index (χ3n) is 4.66. The van der Waals surface area contributed by atoms with Crippen LogP contribution in [0.2, 0.25) is 0 Å². The van der Waals surface area contributed by atoms with Crippen LogP contribution in [0.5, 0.6) is 5.75 Å². The lowest BCUT2D eigenvalue weighted by molar-refractivity contribution is -0.151. The minimum absolute atomic E-state index is 0.0871. The first kappa shape index (κ1) is 24.6. The fraction of sp³-hybridized carbons (Fsp3) is 0.316. The van der Waals surface area contributed by atoms with Gasteiger partial charge in [0.05, 0.1) is 7.11 Å². The summed E-state index contributed by atoms with van der Waals surface area (Å²) in [5.74, 6) is -2.55. The molecular weight excluding hydrogens is 442 g/mol. The molecule has 0 spiro atoms. The largest absolute Gasteiger partial charge is 0.497 e. The van der Waals surface area contributed by atoms with E-state index in [9.17, 15) is 28.5 Å². The van der Waals surface area contributed by atoms with Gasteiger partial charge in [-0.25, -0.2) is 13.8 Å². The van der Waals surface area contributed by atoms with Gasteiger partial charge in [0.15, 0.2) is 11.0 Å². The highest BCUT2D eigenvalue weighted by molar-refractivity contribution is 7.67. The van der Waals surface area contributed by atoms with Crippen molar-refractivity contribution in [3.05, 3.63) is 36.4 Å². The van der Waals surface area contributed by atoms with Crippen molar-refractivity contribution < 1.29 is 33.2 Å². The third kappa shape index (κ3) is 4.07. The molecule has 0 aromatic heterocycles. The predicted molar refractivity (Wildman–Crippen MR) is 116 cm³/mol. The first-order valence-corrected chi connectivity index (χ1v) is 9.89. The Labute approximate surface area is 187 Å². The maximum atomic E-state index is 13.4. The molecular formula is C19H23N5O7S. The number of carboxylic acid groups (broad SMARTS) is 1. The minimum atomic E-state index is -2.19. The van der Waals surface area contributed by atoms with E-state index >= 15 is 0 Å². The van der Waals surface area contributed by atoms with Crippen LogP contribution in [0.3, 0.4) is 0 Å². The van der Waals surface area contributed by atoms with Gasteiger partial charge in [-0.05, 0) is 36.8 Å². The molecule has 1 fully saturated rings. The van der Waals surface area contributed by atoms with Gasteiger partial charge in [-0.3, -0.25) is 24.8 Å². The number of ether oxygens (including phenoxy) is 1. The third-order valence-corrected chi connectivity index (χ3v) is 5.31. The number of hydrogen-bond acceptors (Lipinski definition) is 7. The van der Waals surface area contributed by atoms with Crippen LogP contribution in [0.1, 0.15) is 13.8 Å². The van der Waals surface area contributed by atoms with Crippen LogP contribution in [0.4, 0.5) is 10.5 Å². The van der Waals surface area contributed by atoms with Crippen LogP contribution in [-0.4, -0.2) is 68.9 Å². The number of β-lactam (4-membered cyclic amide) rings is 1. The number of aliphatic carboxylic acids is 1. The minimum Gasteiger partial charge on any atom is -0.497 e. The summed E-state index contributed by atoms with van der Waals surface area (Å²) < 4.78 is 17.2. The first-order chi connectivity index (χ1) is 15.1. The number of anilines is 1. The van der Waals surface area contributed by atoms with Gasteiger partial charge in [0.25, 0.3) is 5.91 Å². The summed E-state index contributed by atoms with van der Waals surface area (Å²) in [6.45, 7) is 6.13. The Morgan fingerprint density at radius 3 is 2.25 bits per heavy atom. The number of amides is 4. The van der Waals surface area contributed by atoms with Gasteiger partial charge in [0.1, 0.15) is 17.0 Å². The average Bonchev–Trinajstić information content (AvgIpc) is 2.75. The maximum Gasteiger partial charge on any atom is 0.331 e. The monoisotopic (exact) mass is 465 g/mol. The second-order valence-electron chi connectivity index (χ2n) is 6.74. The van der Waals surface area contributed by atoms with Crippen LogP contribution < -0.4 is 25.8 Å². The molecule has 172 valence electrons. The molecule has 1 aromatic rings. The summed E-state index contributed by atoms with van der Waals surface area (Å²) in [5.41, 5.74) is 2.73. The molecule has 2 unspecified atom stereocenters. The van der Waals surface area contributed by atoms with Gasteiger partial charge in [0.2, 0.25) is 11.6 Å². The van der Waals surface area contributed by atoms with E-state index in [0.717, 1.165) is 16.7 Å². The number of hydrazine groups is 1. The standard InChI is InChI=1S/C19H23N5O7S/c1-10(2)14(15(26)27)23-16(28)19(17(23)32-30,22-21-18(29)20-4)24(11(3)25)12-6-8-13(31-5)9-7-12/h6-9,14,22H,1H2,2-5H3,(H,26,27)(H2,20,21,29). The fourth-order valence-electron chi connectivity index (χ4n) is 3.26. The molecule has 0 aliphatic carbocycles. The Hall–Kier alpha value is -3.71. The molecule has 1 heterocycles. The lowest BCUT2D eigenvalue weighted by atomic mass is 9.91. The van der Waals surface area contributed by atoms with Gasteiger partial charge in [0, 0.05) is 19.7 Å². The van der Waals surface area contributed by atoms with Crippen molar-refractivity contribution in [2.45, 2.75) is 25.6 Å². The fourth-order valence-corrected chi connectivity index (χ4v) is 3.88. The SMILES string of the molecule is C=C(C)C(C(=O)O)N1C(=O)C(NNC(=O)NC)(N(C(C)=O)c2ccc(OC)cc2)C1=S=O. The zero-order valence-electron chi connectivity index (χ0n) is 17.8. The van der Waals surface area contributed by atoms with E-state index < -0.39 is 35.5 Å². The van der Waals surface area contributed by atoms with Crippen LogP contribution in [0.25, 0.3) is 0 Å². The summed E-state index contributed by atoms with van der Waals surface area (Å²) in [4.78, 5) is 51.1. The van der Waals surface area contributed by atoms with Crippen LogP contribution in [0.15, 0.2) is 36.4 Å². The van der Waals surface area contributed by atoms with Gasteiger partial charge in [-0.15, -0.1) is 0 Å². The highest BCUT2D eigenvalue weighted by Gasteiger charge is 2.67. The van der Waals surface area contributed by atoms with Crippen LogP contribution in [0, 0.1) is 0 Å². The van der Waals surface area contributed by atoms with E-state index in [4.69, 9.17) is 4.74 Å². The second-order valence-corrected chi connectivity index (χ2v) is 7.30. The van der Waals surface area contributed by atoms with Crippen molar-refractivity contribution >= 4 is 45.7 Å². The number of carbonyl (C=O) groups is 4. The van der Waals surface area contributed by atoms with E-state index in [-0.39, 0.29) is 27.5 Å². The number of methoxy groups -OCH3 is 1. The van der Waals surface area contributed by atoms with Crippen LogP contribution in [-0.2, 0) is 25.6 Å². The van der Waals surface area contributed by atoms with Crippen LogP contribution >= 0.6 is 0 Å². The summed E-state index contributed by atoms with van der Waals surface area (Å²) >= 11 is -0.185. The van der Waals surface area contributed by atoms with Gasteiger partial charge >= 0.3 is 12.0 Å². The summed E-state index contributed by atoms with van der Waals surface area (Å²) in [6.07, 6.45) is 0. The normalized spacial score (nSPS) is 18.2. The molecule has 4 N–H and O–H groups in total. The Morgan fingerprint density at radius 1 is 1.25 bits per heavy atom. The average molecular weight is 465 g/mol. The Morgan fingerprint density at radius 2 is 1.84 bits per heavy atom. The Bertz CT molecular complexity index is 1010. The van der Waals surface area contributed by atoms with E-state index in [0.29, 0.717) is 5.75 Å². The van der Waals surface area contributed by atoms with E-state index in [1.165, 1.54) is 45.3 Å². The number of nitrogens with one attached hydrogen (secondary N) is 3. The van der Waals surface area contributed by atoms with Crippen molar-refractivity contribution in [3.8, 4) is 5.75 Å². The smallest absolute Gasteiger partial charge is 0.331 e. The topological polar surface area (TPSA) is 157 Å². The highest BCUT2D eigenvalue weighted by atomic mass is 32.1. The molecule has 2 rings (SSSR count). The van der Waals surface area contributed by atoms with Crippen molar-refractivity contribution in [1.29, 1.82) is 0 Å². The number of hydrogen-bond donors (Lipinski definition) is 4. The predicted octanol–water partition coefficient (Wildman–Crippen LogP) is -0.608. The van der Waals surface area contributed by atoms with E-state index in [1.807, 2.05) is 0 Å². The number of rotatable bonds is 8. The first-order valence-electron chi connectivity index (χ1n) is 9.15. The molecule has 0 radical (unpaired) electrons. The quantitative estimate of drug-likeness (QED) is 0.130. The molecule has 4 amide bonds. The number of likely N-dealkylation sites (tertiary alicyclic amines) is 1.